The summed E-state index contributed by atoms with van der Waals surface area (Å²) < 4.78 is 0. The number of aromatic nitrogens is 2. The normalized spacial score (nSPS) is 16.5. The zero-order valence-electron chi connectivity index (χ0n) is 12.4. The second-order valence-corrected chi connectivity index (χ2v) is 5.83. The van der Waals surface area contributed by atoms with E-state index in [1.807, 2.05) is 19.1 Å². The van der Waals surface area contributed by atoms with E-state index in [1.54, 1.807) is 0 Å². The van der Waals surface area contributed by atoms with Crippen LogP contribution < -0.4 is 5.32 Å². The van der Waals surface area contributed by atoms with Crippen LogP contribution in [0.15, 0.2) is 36.4 Å². The van der Waals surface area contributed by atoms with E-state index in [0.29, 0.717) is 0 Å². The number of hydrogen-bond donors (Lipinski definition) is 2. The first-order valence-corrected chi connectivity index (χ1v) is 7.49. The van der Waals surface area contributed by atoms with Gasteiger partial charge in [-0.2, -0.15) is 10.4 Å². The Kier molecular flexibility index (Phi) is 2.87. The number of aryl methyl sites for hydroxylation is 2. The molecular weight excluding hydrogens is 272 g/mol. The maximum Gasteiger partial charge on any atom is 0.0991 e. The van der Waals surface area contributed by atoms with Gasteiger partial charge in [-0.25, -0.2) is 0 Å². The van der Waals surface area contributed by atoms with E-state index >= 15 is 0 Å². The van der Waals surface area contributed by atoms with Gasteiger partial charge in [0.2, 0.25) is 0 Å². The Labute approximate surface area is 128 Å². The van der Waals surface area contributed by atoms with E-state index in [4.69, 9.17) is 5.26 Å². The fraction of sp³-hybridized carbons (Fsp3) is 0.222. The highest BCUT2D eigenvalue weighted by molar-refractivity contribution is 5.84. The number of nitrogens with one attached hydrogen (secondary N) is 2. The smallest absolute Gasteiger partial charge is 0.0991 e. The molecule has 0 saturated heterocycles. The molecular formula is C18H16N4. The molecule has 108 valence electrons. The van der Waals surface area contributed by atoms with Gasteiger partial charge in [0, 0.05) is 11.1 Å². The maximum atomic E-state index is 9.09. The highest BCUT2D eigenvalue weighted by Gasteiger charge is 2.22. The summed E-state index contributed by atoms with van der Waals surface area (Å²) >= 11 is 0. The zero-order chi connectivity index (χ0) is 15.1. The van der Waals surface area contributed by atoms with Gasteiger partial charge < -0.3 is 5.32 Å². The summed E-state index contributed by atoms with van der Waals surface area (Å²) in [5, 5.41) is 21.1. The van der Waals surface area contributed by atoms with Gasteiger partial charge in [-0.1, -0.05) is 6.07 Å². The molecule has 1 aromatic heterocycles. The van der Waals surface area contributed by atoms with Crippen LogP contribution in [0.4, 0.5) is 5.69 Å². The zero-order valence-corrected chi connectivity index (χ0v) is 12.4. The molecule has 22 heavy (non-hydrogen) atoms. The topological polar surface area (TPSA) is 64.5 Å². The molecule has 0 aliphatic heterocycles. The predicted octanol–water partition coefficient (Wildman–Crippen LogP) is 3.84. The Hall–Kier alpha value is -2.80. The van der Waals surface area contributed by atoms with Crippen LogP contribution in [0.3, 0.4) is 0 Å². The molecule has 0 amide bonds. The minimum Gasteiger partial charge on any atom is -0.378 e. The number of H-pyrrole nitrogens is 1. The molecule has 1 heterocycles. The summed E-state index contributed by atoms with van der Waals surface area (Å²) in [6.07, 6.45) is 2.12. The lowest BCUT2D eigenvalue weighted by Gasteiger charge is -2.16. The monoisotopic (exact) mass is 288 g/mol. The van der Waals surface area contributed by atoms with Crippen LogP contribution in [-0.2, 0) is 6.42 Å². The molecule has 0 spiro atoms. The van der Waals surface area contributed by atoms with E-state index in [9.17, 15) is 0 Å². The second-order valence-electron chi connectivity index (χ2n) is 5.83. The third-order valence-corrected chi connectivity index (χ3v) is 4.45. The van der Waals surface area contributed by atoms with Crippen molar-refractivity contribution in [2.24, 2.45) is 0 Å². The van der Waals surface area contributed by atoms with E-state index in [2.05, 4.69) is 45.8 Å². The first-order valence-electron chi connectivity index (χ1n) is 7.49. The number of benzene rings is 2. The lowest BCUT2D eigenvalue weighted by Crippen LogP contribution is -2.07. The SMILES string of the molecule is Cc1n[nH]c2ccc(N[C@@H]3CCc4ccc(C#N)cc43)cc12. The quantitative estimate of drug-likeness (QED) is 0.753. The van der Waals surface area contributed by atoms with Gasteiger partial charge >= 0.3 is 0 Å². The summed E-state index contributed by atoms with van der Waals surface area (Å²) in [6, 6.07) is 14.8. The summed E-state index contributed by atoms with van der Waals surface area (Å²) in [5.74, 6) is 0. The van der Waals surface area contributed by atoms with Crippen molar-refractivity contribution in [2.75, 3.05) is 5.32 Å². The summed E-state index contributed by atoms with van der Waals surface area (Å²) in [4.78, 5) is 0. The highest BCUT2D eigenvalue weighted by atomic mass is 15.1. The number of anilines is 1. The van der Waals surface area contributed by atoms with Crippen molar-refractivity contribution in [2.45, 2.75) is 25.8 Å². The maximum absolute atomic E-state index is 9.09. The molecule has 1 aliphatic rings. The van der Waals surface area contributed by atoms with Crippen molar-refractivity contribution in [1.82, 2.24) is 10.2 Å². The van der Waals surface area contributed by atoms with Gasteiger partial charge in [0.05, 0.1) is 28.9 Å². The predicted molar refractivity (Wildman–Crippen MR) is 86.7 cm³/mol. The molecule has 0 unspecified atom stereocenters. The fourth-order valence-electron chi connectivity index (χ4n) is 3.26. The van der Waals surface area contributed by atoms with Gasteiger partial charge in [-0.05, 0) is 61.2 Å². The van der Waals surface area contributed by atoms with Crippen molar-refractivity contribution >= 4 is 16.6 Å². The molecule has 0 radical (unpaired) electrons. The van der Waals surface area contributed by atoms with E-state index in [1.165, 1.54) is 11.1 Å². The number of aromatic amines is 1. The number of hydrogen-bond acceptors (Lipinski definition) is 3. The molecule has 2 N–H and O–H groups in total. The lowest BCUT2D eigenvalue weighted by atomic mass is 10.0. The van der Waals surface area contributed by atoms with Crippen LogP contribution in [0.2, 0.25) is 0 Å². The van der Waals surface area contributed by atoms with Crippen molar-refractivity contribution in [3.05, 3.63) is 58.8 Å². The summed E-state index contributed by atoms with van der Waals surface area (Å²) in [5.41, 5.74) is 6.49. The van der Waals surface area contributed by atoms with E-state index < -0.39 is 0 Å². The van der Waals surface area contributed by atoms with Crippen LogP contribution in [-0.4, -0.2) is 10.2 Å². The van der Waals surface area contributed by atoms with E-state index in [-0.39, 0.29) is 6.04 Å². The number of fused-ring (bicyclic) bond motifs is 2. The molecule has 4 heteroatoms. The molecule has 4 rings (SSSR count). The van der Waals surface area contributed by atoms with Crippen LogP contribution in [0.25, 0.3) is 10.9 Å². The van der Waals surface area contributed by atoms with Crippen molar-refractivity contribution in [3.63, 3.8) is 0 Å². The number of rotatable bonds is 2. The number of nitrogens with zero attached hydrogens (tertiary/aromatic N) is 2. The average molecular weight is 288 g/mol. The minimum atomic E-state index is 0.271. The largest absolute Gasteiger partial charge is 0.378 e. The molecule has 1 atom stereocenters. The van der Waals surface area contributed by atoms with Crippen LogP contribution in [0.1, 0.15) is 34.8 Å². The molecule has 4 nitrogen and oxygen atoms in total. The fourth-order valence-corrected chi connectivity index (χ4v) is 3.26. The van der Waals surface area contributed by atoms with Gasteiger partial charge in [-0.3, -0.25) is 5.10 Å². The molecule has 0 fully saturated rings. The summed E-state index contributed by atoms with van der Waals surface area (Å²) in [7, 11) is 0. The van der Waals surface area contributed by atoms with Crippen LogP contribution in [0.5, 0.6) is 0 Å². The Bertz CT molecular complexity index is 901. The third kappa shape index (κ3) is 2.03. The average Bonchev–Trinajstić information content (AvgIpc) is 3.11. The van der Waals surface area contributed by atoms with Gasteiger partial charge in [0.25, 0.3) is 0 Å². The Morgan fingerprint density at radius 1 is 1.27 bits per heavy atom. The Morgan fingerprint density at radius 3 is 3.05 bits per heavy atom. The first kappa shape index (κ1) is 12.9. The van der Waals surface area contributed by atoms with Crippen LogP contribution in [0, 0.1) is 18.3 Å². The van der Waals surface area contributed by atoms with E-state index in [0.717, 1.165) is 40.7 Å². The lowest BCUT2D eigenvalue weighted by molar-refractivity contribution is 0.762. The van der Waals surface area contributed by atoms with Crippen molar-refractivity contribution in [1.29, 1.82) is 5.26 Å². The Balaban J connectivity index is 1.67. The van der Waals surface area contributed by atoms with Crippen molar-refractivity contribution < 1.29 is 0 Å². The molecule has 0 bridgehead atoms. The second kappa shape index (κ2) is 4.88. The summed E-state index contributed by atoms with van der Waals surface area (Å²) in [6.45, 7) is 2.01. The van der Waals surface area contributed by atoms with Gasteiger partial charge in [0.1, 0.15) is 0 Å². The Morgan fingerprint density at radius 2 is 2.18 bits per heavy atom. The third-order valence-electron chi connectivity index (χ3n) is 4.45. The minimum absolute atomic E-state index is 0.271. The molecule has 1 aliphatic carbocycles. The van der Waals surface area contributed by atoms with Crippen LogP contribution >= 0.6 is 0 Å². The number of nitriles is 1. The van der Waals surface area contributed by atoms with Gasteiger partial charge in [-0.15, -0.1) is 0 Å². The van der Waals surface area contributed by atoms with Crippen molar-refractivity contribution in [3.8, 4) is 6.07 Å². The highest BCUT2D eigenvalue weighted by Crippen LogP contribution is 2.35. The molecule has 2 aromatic carbocycles. The first-order chi connectivity index (χ1) is 10.7. The molecule has 0 saturated carbocycles. The standard InChI is InChI=1S/C18H16N4/c1-11-15-9-14(5-7-18(15)22-21-11)20-17-6-4-13-3-2-12(10-19)8-16(13)17/h2-3,5,7-9,17,20H,4,6H2,1H3,(H,21,22)/t17-/m1/s1. The van der Waals surface area contributed by atoms with Gasteiger partial charge in [0.15, 0.2) is 0 Å². The molecule has 3 aromatic rings.